The molecule has 0 fully saturated rings. The van der Waals surface area contributed by atoms with Gasteiger partial charge in [0.15, 0.2) is 17.3 Å². The van der Waals surface area contributed by atoms with Crippen LogP contribution in [0.15, 0.2) is 65.1 Å². The molecule has 0 saturated heterocycles. The Morgan fingerprint density at radius 2 is 1.83 bits per heavy atom. The summed E-state index contributed by atoms with van der Waals surface area (Å²) < 4.78 is 44.6. The molecule has 1 aliphatic heterocycles. The quantitative estimate of drug-likeness (QED) is 0.610. The number of nitrogens with zero attached hydrogens (tertiary/aromatic N) is 2. The molecule has 0 aromatic heterocycles. The molecule has 2 aliphatic rings. The van der Waals surface area contributed by atoms with Crippen molar-refractivity contribution in [2.75, 3.05) is 12.0 Å². The van der Waals surface area contributed by atoms with Gasteiger partial charge in [-0.15, -0.1) is 0 Å². The monoisotopic (exact) mass is 483 g/mol. The third kappa shape index (κ3) is 4.20. The lowest BCUT2D eigenvalue weighted by atomic mass is 9.68. The molecule has 3 N–H and O–H groups in total. The highest BCUT2D eigenvalue weighted by molar-refractivity contribution is 6.01. The van der Waals surface area contributed by atoms with Gasteiger partial charge in [-0.05, 0) is 53.8 Å². The molecule has 0 spiro atoms. The SMILES string of the molecule is COc1cc(C2C(C#N)=C(N)N(c3ccc(C(F)(F)F)cc3)C3=C2C(=O)CC(C)(C)C3)ccc1O. The van der Waals surface area contributed by atoms with Gasteiger partial charge < -0.3 is 15.6 Å². The van der Waals surface area contributed by atoms with Gasteiger partial charge in [0.1, 0.15) is 5.82 Å². The molecule has 0 radical (unpaired) electrons. The van der Waals surface area contributed by atoms with Crippen molar-refractivity contribution in [2.24, 2.45) is 11.1 Å². The second-order valence-corrected chi connectivity index (χ2v) is 9.46. The lowest BCUT2D eigenvalue weighted by Gasteiger charge is -2.43. The Morgan fingerprint density at radius 3 is 2.40 bits per heavy atom. The van der Waals surface area contributed by atoms with Crippen molar-refractivity contribution in [3.8, 4) is 17.6 Å². The standard InChI is InChI=1S/C26H24F3N3O3/c1-25(2)11-18-23(20(34)12-25)22(14-4-9-19(33)21(10-14)35-3)17(13-30)24(31)32(18)16-7-5-15(6-8-16)26(27,28)29/h4-10,22,33H,11-12,31H2,1-3H3. The average molecular weight is 483 g/mol. The van der Waals surface area contributed by atoms with Crippen LogP contribution in [0.25, 0.3) is 0 Å². The van der Waals surface area contributed by atoms with Crippen molar-refractivity contribution >= 4 is 11.5 Å². The molecule has 35 heavy (non-hydrogen) atoms. The minimum atomic E-state index is -4.50. The van der Waals surface area contributed by atoms with Crippen LogP contribution >= 0.6 is 0 Å². The molecular weight excluding hydrogens is 459 g/mol. The molecule has 0 bridgehead atoms. The highest BCUT2D eigenvalue weighted by Gasteiger charge is 2.45. The van der Waals surface area contributed by atoms with Gasteiger partial charge in [0, 0.05) is 23.4 Å². The van der Waals surface area contributed by atoms with E-state index in [2.05, 4.69) is 6.07 Å². The van der Waals surface area contributed by atoms with Crippen LogP contribution in [-0.4, -0.2) is 18.0 Å². The highest BCUT2D eigenvalue weighted by Crippen LogP contribution is 2.51. The zero-order valence-corrected chi connectivity index (χ0v) is 19.4. The van der Waals surface area contributed by atoms with Gasteiger partial charge in [0.2, 0.25) is 0 Å². The molecule has 182 valence electrons. The van der Waals surface area contributed by atoms with E-state index in [0.29, 0.717) is 28.9 Å². The first-order valence-corrected chi connectivity index (χ1v) is 10.9. The van der Waals surface area contributed by atoms with Crippen molar-refractivity contribution < 1.29 is 27.8 Å². The molecule has 1 atom stereocenters. The fourth-order valence-electron chi connectivity index (χ4n) is 4.81. The summed E-state index contributed by atoms with van der Waals surface area (Å²) in [5, 5.41) is 20.1. The Morgan fingerprint density at radius 1 is 1.17 bits per heavy atom. The normalized spacial score (nSPS) is 20.0. The largest absolute Gasteiger partial charge is 0.504 e. The smallest absolute Gasteiger partial charge is 0.416 e. The highest BCUT2D eigenvalue weighted by atomic mass is 19.4. The molecule has 1 heterocycles. The Bertz CT molecular complexity index is 1300. The van der Waals surface area contributed by atoms with Crippen LogP contribution in [0, 0.1) is 16.7 Å². The fourth-order valence-corrected chi connectivity index (χ4v) is 4.81. The molecule has 2 aromatic rings. The second-order valence-electron chi connectivity index (χ2n) is 9.46. The minimum absolute atomic E-state index is 0.0357. The zero-order chi connectivity index (χ0) is 25.7. The number of nitriles is 1. The molecule has 1 aliphatic carbocycles. The summed E-state index contributed by atoms with van der Waals surface area (Å²) >= 11 is 0. The van der Waals surface area contributed by atoms with Gasteiger partial charge in [0.25, 0.3) is 0 Å². The van der Waals surface area contributed by atoms with E-state index >= 15 is 0 Å². The van der Waals surface area contributed by atoms with Crippen molar-refractivity contribution in [1.29, 1.82) is 5.26 Å². The predicted molar refractivity (Wildman–Crippen MR) is 123 cm³/mol. The fraction of sp³-hybridized carbons (Fsp3) is 0.308. The van der Waals surface area contributed by atoms with Crippen molar-refractivity contribution in [2.45, 2.75) is 38.8 Å². The first-order valence-electron chi connectivity index (χ1n) is 10.9. The maximum atomic E-state index is 13.5. The Labute approximate surface area is 200 Å². The number of hydrogen-bond acceptors (Lipinski definition) is 6. The van der Waals surface area contributed by atoms with Gasteiger partial charge >= 0.3 is 6.18 Å². The molecule has 2 aromatic carbocycles. The first-order chi connectivity index (χ1) is 16.4. The van der Waals surface area contributed by atoms with Gasteiger partial charge in [-0.2, -0.15) is 18.4 Å². The predicted octanol–water partition coefficient (Wildman–Crippen LogP) is 5.36. The summed E-state index contributed by atoms with van der Waals surface area (Å²) in [6.45, 7) is 3.86. The number of carbonyl (C=O) groups excluding carboxylic acids is 1. The number of phenolic OH excluding ortho intramolecular Hbond substituents is 1. The van der Waals surface area contributed by atoms with E-state index in [9.17, 15) is 28.3 Å². The second kappa shape index (κ2) is 8.38. The van der Waals surface area contributed by atoms with Gasteiger partial charge in [-0.25, -0.2) is 0 Å². The van der Waals surface area contributed by atoms with Crippen LogP contribution in [0.5, 0.6) is 11.5 Å². The van der Waals surface area contributed by atoms with Crippen molar-refractivity contribution in [3.05, 3.63) is 76.3 Å². The number of carbonyl (C=O) groups is 1. The number of halogens is 3. The van der Waals surface area contributed by atoms with E-state index in [1.807, 2.05) is 13.8 Å². The van der Waals surface area contributed by atoms with Gasteiger partial charge in [-0.3, -0.25) is 9.69 Å². The number of rotatable bonds is 3. The number of hydrogen-bond donors (Lipinski definition) is 2. The number of Topliss-reactive ketones (excluding diaryl/α,β-unsaturated/α-hetero) is 1. The van der Waals surface area contributed by atoms with Crippen molar-refractivity contribution in [3.63, 3.8) is 0 Å². The summed E-state index contributed by atoms with van der Waals surface area (Å²) in [5.41, 5.74) is 7.10. The number of ketones is 1. The van der Waals surface area contributed by atoms with Crippen LogP contribution in [-0.2, 0) is 11.0 Å². The number of phenols is 1. The number of allylic oxidation sites excluding steroid dienone is 3. The Balaban J connectivity index is 1.96. The number of anilines is 1. The number of methoxy groups -OCH3 is 1. The molecule has 0 amide bonds. The van der Waals surface area contributed by atoms with E-state index < -0.39 is 23.1 Å². The van der Waals surface area contributed by atoms with Crippen LogP contribution in [0.1, 0.15) is 43.7 Å². The third-order valence-corrected chi connectivity index (χ3v) is 6.37. The van der Waals surface area contributed by atoms with E-state index in [-0.39, 0.29) is 35.1 Å². The summed E-state index contributed by atoms with van der Waals surface area (Å²) in [7, 11) is 1.39. The Hall–Kier alpha value is -3.93. The average Bonchev–Trinajstić information content (AvgIpc) is 2.77. The first kappa shape index (κ1) is 24.2. The summed E-state index contributed by atoms with van der Waals surface area (Å²) in [6.07, 6.45) is -3.85. The molecule has 4 rings (SSSR count). The maximum Gasteiger partial charge on any atom is 0.416 e. The summed E-state index contributed by atoms with van der Waals surface area (Å²) in [5.74, 6) is -0.869. The number of alkyl halides is 3. The van der Waals surface area contributed by atoms with Crippen LogP contribution < -0.4 is 15.4 Å². The minimum Gasteiger partial charge on any atom is -0.504 e. The van der Waals surface area contributed by atoms with Gasteiger partial charge in [0.05, 0.1) is 30.2 Å². The number of ether oxygens (including phenoxy) is 1. The zero-order valence-electron chi connectivity index (χ0n) is 19.4. The molecular formula is C26H24F3N3O3. The molecule has 1 unspecified atom stereocenters. The van der Waals surface area contributed by atoms with E-state index in [4.69, 9.17) is 10.5 Å². The topological polar surface area (TPSA) is 99.6 Å². The third-order valence-electron chi connectivity index (χ3n) is 6.37. The van der Waals surface area contributed by atoms with Gasteiger partial charge in [-0.1, -0.05) is 19.9 Å². The Kier molecular flexibility index (Phi) is 5.79. The summed E-state index contributed by atoms with van der Waals surface area (Å²) in [4.78, 5) is 15.0. The number of aromatic hydroxyl groups is 1. The van der Waals surface area contributed by atoms with Crippen LogP contribution in [0.4, 0.5) is 18.9 Å². The number of benzene rings is 2. The molecule has 9 heteroatoms. The number of nitrogens with two attached hydrogens (primary N) is 1. The van der Waals surface area contributed by atoms with Crippen LogP contribution in [0.2, 0.25) is 0 Å². The lowest BCUT2D eigenvalue weighted by molar-refractivity contribution is -0.137. The van der Waals surface area contributed by atoms with Crippen molar-refractivity contribution in [1.82, 2.24) is 0 Å². The lowest BCUT2D eigenvalue weighted by Crippen LogP contribution is -2.42. The molecule has 6 nitrogen and oxygen atoms in total. The van der Waals surface area contributed by atoms with E-state index in [1.54, 1.807) is 12.1 Å². The summed E-state index contributed by atoms with van der Waals surface area (Å²) in [6, 6.07) is 11.1. The molecule has 0 saturated carbocycles. The maximum absolute atomic E-state index is 13.5. The van der Waals surface area contributed by atoms with Crippen LogP contribution in [0.3, 0.4) is 0 Å². The van der Waals surface area contributed by atoms with E-state index in [0.717, 1.165) is 12.1 Å². The van der Waals surface area contributed by atoms with E-state index in [1.165, 1.54) is 30.2 Å².